The predicted molar refractivity (Wildman–Crippen MR) is 62.6 cm³/mol. The number of aliphatic carboxylic acids is 1. The maximum Gasteiger partial charge on any atom is 0.305 e. The van der Waals surface area contributed by atoms with Crippen LogP contribution in [-0.2, 0) is 9.59 Å². The number of carboxylic acids is 1. The van der Waals surface area contributed by atoms with E-state index in [1.54, 1.807) is 0 Å². The summed E-state index contributed by atoms with van der Waals surface area (Å²) in [7, 11) is 0. The van der Waals surface area contributed by atoms with Crippen LogP contribution in [0.3, 0.4) is 0 Å². The average Bonchev–Trinajstić information content (AvgIpc) is 2.25. The Labute approximate surface area is 104 Å². The quantitative estimate of drug-likeness (QED) is 0.295. The minimum Gasteiger partial charge on any atom is -0.481 e. The van der Waals surface area contributed by atoms with Crippen molar-refractivity contribution in [1.82, 2.24) is 5.06 Å². The van der Waals surface area contributed by atoms with Crippen LogP contribution in [0.1, 0.15) is 38.5 Å². The molecule has 6 heteroatoms. The molecule has 0 rings (SSSR count). The highest BCUT2D eigenvalue weighted by Gasteiger charge is 2.11. The van der Waals surface area contributed by atoms with E-state index < -0.39 is 11.9 Å². The van der Waals surface area contributed by atoms with Crippen molar-refractivity contribution in [2.75, 3.05) is 11.9 Å². The average molecular weight is 296 g/mol. The molecule has 0 spiro atoms. The lowest BCUT2D eigenvalue weighted by Crippen LogP contribution is -2.29. The van der Waals surface area contributed by atoms with Gasteiger partial charge in [0.25, 0.3) is 0 Å². The van der Waals surface area contributed by atoms with E-state index in [4.69, 9.17) is 5.11 Å². The summed E-state index contributed by atoms with van der Waals surface area (Å²) < 4.78 is 0. The van der Waals surface area contributed by atoms with Gasteiger partial charge in [0.2, 0.25) is 5.91 Å². The molecule has 0 aromatic carbocycles. The Kier molecular flexibility index (Phi) is 9.22. The maximum absolute atomic E-state index is 11.3. The highest BCUT2D eigenvalue weighted by molar-refractivity contribution is 9.09. The number of carboxylic acid groups (broad SMARTS) is 1. The molecule has 94 valence electrons. The van der Waals surface area contributed by atoms with Gasteiger partial charge in [-0.15, -0.1) is 0 Å². The van der Waals surface area contributed by atoms with Gasteiger partial charge in [-0.1, -0.05) is 28.8 Å². The molecule has 16 heavy (non-hydrogen) atoms. The number of alkyl halides is 1. The largest absolute Gasteiger partial charge is 0.481 e. The Bertz CT molecular complexity index is 223. The van der Waals surface area contributed by atoms with Gasteiger partial charge in [0.05, 0.1) is 13.0 Å². The molecule has 0 bridgehead atoms. The lowest BCUT2D eigenvalue weighted by Gasteiger charge is -2.13. The molecule has 0 aliphatic heterocycles. The van der Waals surface area contributed by atoms with E-state index in [2.05, 4.69) is 15.9 Å². The molecule has 0 aromatic rings. The molecule has 0 unspecified atom stereocenters. The minimum absolute atomic E-state index is 0.143. The van der Waals surface area contributed by atoms with Crippen LogP contribution in [-0.4, -0.2) is 39.1 Å². The highest BCUT2D eigenvalue weighted by atomic mass is 79.9. The van der Waals surface area contributed by atoms with Crippen LogP contribution in [0.4, 0.5) is 0 Å². The van der Waals surface area contributed by atoms with Crippen molar-refractivity contribution in [2.24, 2.45) is 0 Å². The molecule has 0 heterocycles. The molecule has 0 fully saturated rings. The number of unbranched alkanes of at least 4 members (excludes halogenated alkanes) is 3. The van der Waals surface area contributed by atoms with E-state index in [9.17, 15) is 14.8 Å². The second-order valence-corrected chi connectivity index (χ2v) is 4.31. The Morgan fingerprint density at radius 3 is 2.25 bits per heavy atom. The first-order valence-corrected chi connectivity index (χ1v) is 6.47. The minimum atomic E-state index is -1.02. The Morgan fingerprint density at radius 1 is 1.06 bits per heavy atom. The van der Waals surface area contributed by atoms with Crippen molar-refractivity contribution in [3.8, 4) is 0 Å². The normalized spacial score (nSPS) is 10.1. The molecule has 0 saturated carbocycles. The maximum atomic E-state index is 11.3. The number of rotatable bonds is 9. The molecule has 1 amide bonds. The first-order chi connectivity index (χ1) is 7.57. The monoisotopic (exact) mass is 295 g/mol. The van der Waals surface area contributed by atoms with Gasteiger partial charge in [0, 0.05) is 11.8 Å². The van der Waals surface area contributed by atoms with Crippen molar-refractivity contribution < 1.29 is 19.9 Å². The summed E-state index contributed by atoms with van der Waals surface area (Å²) in [5.41, 5.74) is 0. The van der Waals surface area contributed by atoms with Crippen molar-refractivity contribution >= 4 is 27.8 Å². The zero-order valence-corrected chi connectivity index (χ0v) is 10.8. The molecule has 0 radical (unpaired) electrons. The fraction of sp³-hybridized carbons (Fsp3) is 0.800. The Morgan fingerprint density at radius 2 is 1.69 bits per heavy atom. The molecule has 5 nitrogen and oxygen atoms in total. The summed E-state index contributed by atoms with van der Waals surface area (Å²) >= 11 is 3.32. The van der Waals surface area contributed by atoms with Gasteiger partial charge in [-0.3, -0.25) is 14.8 Å². The molecule has 0 saturated heterocycles. The SMILES string of the molecule is O=C(O)CCN(O)C(=O)CCCCCCBr. The van der Waals surface area contributed by atoms with E-state index in [1.165, 1.54) is 0 Å². The van der Waals surface area contributed by atoms with Gasteiger partial charge in [0.1, 0.15) is 0 Å². The van der Waals surface area contributed by atoms with Crippen molar-refractivity contribution in [3.63, 3.8) is 0 Å². The first-order valence-electron chi connectivity index (χ1n) is 5.35. The second-order valence-electron chi connectivity index (χ2n) is 3.51. The molecule has 0 aromatic heterocycles. The number of hydrogen-bond acceptors (Lipinski definition) is 3. The van der Waals surface area contributed by atoms with E-state index >= 15 is 0 Å². The standard InChI is InChI=1S/C10H18BrNO4/c11-7-4-2-1-3-5-9(13)12(16)8-6-10(14)15/h16H,1-8H2,(H,14,15). The lowest BCUT2D eigenvalue weighted by atomic mass is 10.1. The third-order valence-electron chi connectivity index (χ3n) is 2.10. The predicted octanol–water partition coefficient (Wildman–Crippen LogP) is 2.02. The van der Waals surface area contributed by atoms with Crippen molar-refractivity contribution in [3.05, 3.63) is 0 Å². The summed E-state index contributed by atoms with van der Waals surface area (Å²) in [6.07, 6.45) is 3.86. The van der Waals surface area contributed by atoms with Crippen LogP contribution >= 0.6 is 15.9 Å². The van der Waals surface area contributed by atoms with Gasteiger partial charge in [-0.25, -0.2) is 5.06 Å². The molecular weight excluding hydrogens is 278 g/mol. The van der Waals surface area contributed by atoms with E-state index in [1.807, 2.05) is 0 Å². The zero-order chi connectivity index (χ0) is 12.4. The second kappa shape index (κ2) is 9.59. The molecular formula is C10H18BrNO4. The number of hydrogen-bond donors (Lipinski definition) is 2. The number of nitrogens with zero attached hydrogens (tertiary/aromatic N) is 1. The zero-order valence-electron chi connectivity index (χ0n) is 9.19. The fourth-order valence-corrected chi connectivity index (χ4v) is 1.58. The third-order valence-corrected chi connectivity index (χ3v) is 2.66. The Hall–Kier alpha value is -0.620. The van der Waals surface area contributed by atoms with E-state index in [0.717, 1.165) is 31.0 Å². The third kappa shape index (κ3) is 8.67. The van der Waals surface area contributed by atoms with Crippen LogP contribution in [0, 0.1) is 0 Å². The van der Waals surface area contributed by atoms with E-state index in [0.29, 0.717) is 5.06 Å². The molecule has 0 atom stereocenters. The van der Waals surface area contributed by atoms with Crippen LogP contribution in [0.2, 0.25) is 0 Å². The number of halogens is 1. The number of carbonyl (C=O) groups is 2. The van der Waals surface area contributed by atoms with Crippen molar-refractivity contribution in [1.29, 1.82) is 0 Å². The summed E-state index contributed by atoms with van der Waals surface area (Å²) in [6.45, 7) is -0.143. The Balaban J connectivity index is 3.51. The number of carbonyl (C=O) groups excluding carboxylic acids is 1. The highest BCUT2D eigenvalue weighted by Crippen LogP contribution is 2.06. The first kappa shape index (κ1) is 15.4. The van der Waals surface area contributed by atoms with Gasteiger partial charge in [-0.05, 0) is 12.8 Å². The van der Waals surface area contributed by atoms with Gasteiger partial charge in [0.15, 0.2) is 0 Å². The smallest absolute Gasteiger partial charge is 0.305 e. The molecule has 0 aliphatic rings. The van der Waals surface area contributed by atoms with Crippen LogP contribution in [0.25, 0.3) is 0 Å². The molecule has 0 aliphatic carbocycles. The van der Waals surface area contributed by atoms with Gasteiger partial charge < -0.3 is 5.11 Å². The number of amides is 1. The van der Waals surface area contributed by atoms with Gasteiger partial charge >= 0.3 is 5.97 Å². The van der Waals surface area contributed by atoms with Crippen LogP contribution in [0.15, 0.2) is 0 Å². The summed E-state index contributed by atoms with van der Waals surface area (Å²) in [5, 5.41) is 19.0. The van der Waals surface area contributed by atoms with Gasteiger partial charge in [-0.2, -0.15) is 0 Å². The molecule has 2 N–H and O–H groups in total. The summed E-state index contributed by atoms with van der Waals surface area (Å²) in [6, 6.07) is 0. The fourth-order valence-electron chi connectivity index (χ4n) is 1.18. The number of hydroxylamine groups is 2. The summed E-state index contributed by atoms with van der Waals surface area (Å²) in [5.74, 6) is -1.43. The lowest BCUT2D eigenvalue weighted by molar-refractivity contribution is -0.167. The van der Waals surface area contributed by atoms with E-state index in [-0.39, 0.29) is 19.4 Å². The topological polar surface area (TPSA) is 77.8 Å². The summed E-state index contributed by atoms with van der Waals surface area (Å²) in [4.78, 5) is 21.5. The van der Waals surface area contributed by atoms with Crippen LogP contribution in [0.5, 0.6) is 0 Å². The van der Waals surface area contributed by atoms with Crippen molar-refractivity contribution in [2.45, 2.75) is 38.5 Å². The van der Waals surface area contributed by atoms with Crippen LogP contribution < -0.4 is 0 Å².